The Balaban J connectivity index is 2.94. The lowest BCUT2D eigenvalue weighted by Gasteiger charge is -2.13. The van der Waals surface area contributed by atoms with E-state index in [9.17, 15) is 5.11 Å². The van der Waals surface area contributed by atoms with Gasteiger partial charge >= 0.3 is 0 Å². The molecule has 2 N–H and O–H groups in total. The van der Waals surface area contributed by atoms with Crippen molar-refractivity contribution in [1.82, 2.24) is 0 Å². The largest absolute Gasteiger partial charge is 0.503 e. The second-order valence-corrected chi connectivity index (χ2v) is 3.16. The lowest BCUT2D eigenvalue weighted by Crippen LogP contribution is -2.09. The molecule has 0 saturated heterocycles. The van der Waals surface area contributed by atoms with E-state index in [4.69, 9.17) is 4.74 Å². The van der Waals surface area contributed by atoms with E-state index >= 15 is 0 Å². The zero-order valence-corrected chi connectivity index (χ0v) is 8.16. The third kappa shape index (κ3) is 2.28. The Bertz CT molecular complexity index is 284. The van der Waals surface area contributed by atoms with Crippen LogP contribution in [-0.2, 0) is 0 Å². The van der Waals surface area contributed by atoms with Gasteiger partial charge in [-0.25, -0.2) is 0 Å². The molecule has 1 aromatic carbocycles. The third-order valence-electron chi connectivity index (χ3n) is 1.66. The number of benzene rings is 1. The number of anilines is 1. The molecule has 1 rings (SSSR count). The van der Waals surface area contributed by atoms with E-state index in [1.807, 2.05) is 26.0 Å². The second kappa shape index (κ2) is 4.03. The minimum absolute atomic E-state index is 0.165. The number of aromatic hydroxyl groups is 1. The first-order chi connectivity index (χ1) is 6.15. The molecule has 0 saturated carbocycles. The topological polar surface area (TPSA) is 41.5 Å². The fourth-order valence-electron chi connectivity index (χ4n) is 1.11. The van der Waals surface area contributed by atoms with E-state index in [2.05, 4.69) is 5.32 Å². The Morgan fingerprint density at radius 2 is 2.08 bits per heavy atom. The van der Waals surface area contributed by atoms with Gasteiger partial charge in [0, 0.05) is 6.04 Å². The Hall–Kier alpha value is -1.38. The number of methoxy groups -OCH3 is 1. The molecule has 0 aromatic heterocycles. The van der Waals surface area contributed by atoms with Crippen molar-refractivity contribution in [3.63, 3.8) is 0 Å². The van der Waals surface area contributed by atoms with Gasteiger partial charge in [0.15, 0.2) is 11.5 Å². The average Bonchev–Trinajstić information content (AvgIpc) is 2.08. The summed E-state index contributed by atoms with van der Waals surface area (Å²) in [6.45, 7) is 4.03. The normalized spacial score (nSPS) is 10.2. The van der Waals surface area contributed by atoms with Crippen molar-refractivity contribution in [2.24, 2.45) is 0 Å². The molecule has 3 heteroatoms. The Morgan fingerprint density at radius 1 is 1.38 bits per heavy atom. The Kier molecular flexibility index (Phi) is 3.01. The van der Waals surface area contributed by atoms with Crippen LogP contribution in [0.2, 0.25) is 0 Å². The molecule has 0 aliphatic carbocycles. The number of hydrogen-bond acceptors (Lipinski definition) is 3. The summed E-state index contributed by atoms with van der Waals surface area (Å²) in [7, 11) is 1.54. The quantitative estimate of drug-likeness (QED) is 0.702. The van der Waals surface area contributed by atoms with Crippen LogP contribution in [0.3, 0.4) is 0 Å². The van der Waals surface area contributed by atoms with Crippen LogP contribution in [0, 0.1) is 0 Å². The molecule has 3 nitrogen and oxygen atoms in total. The van der Waals surface area contributed by atoms with Crippen molar-refractivity contribution in [2.75, 3.05) is 12.4 Å². The van der Waals surface area contributed by atoms with Crippen LogP contribution >= 0.6 is 0 Å². The average molecular weight is 181 g/mol. The summed E-state index contributed by atoms with van der Waals surface area (Å²) in [5, 5.41) is 12.8. The molecular formula is C10H15NO2. The molecule has 0 aliphatic rings. The molecule has 0 atom stereocenters. The van der Waals surface area contributed by atoms with Crippen LogP contribution in [0.1, 0.15) is 13.8 Å². The van der Waals surface area contributed by atoms with Gasteiger partial charge in [-0.05, 0) is 26.0 Å². The summed E-state index contributed by atoms with van der Waals surface area (Å²) >= 11 is 0. The van der Waals surface area contributed by atoms with Gasteiger partial charge in [-0.2, -0.15) is 0 Å². The third-order valence-corrected chi connectivity index (χ3v) is 1.66. The van der Waals surface area contributed by atoms with Gasteiger partial charge in [-0.1, -0.05) is 6.07 Å². The maximum atomic E-state index is 9.65. The minimum Gasteiger partial charge on any atom is -0.503 e. The maximum absolute atomic E-state index is 9.65. The van der Waals surface area contributed by atoms with Gasteiger partial charge in [-0.15, -0.1) is 0 Å². The van der Waals surface area contributed by atoms with Crippen molar-refractivity contribution in [3.05, 3.63) is 18.2 Å². The van der Waals surface area contributed by atoms with Gasteiger partial charge in [0.2, 0.25) is 0 Å². The number of nitrogens with one attached hydrogen (secondary N) is 1. The fourth-order valence-corrected chi connectivity index (χ4v) is 1.11. The summed E-state index contributed by atoms with van der Waals surface area (Å²) in [6, 6.07) is 5.67. The number of rotatable bonds is 3. The Labute approximate surface area is 78.3 Å². The van der Waals surface area contributed by atoms with Gasteiger partial charge in [0.05, 0.1) is 12.8 Å². The highest BCUT2D eigenvalue weighted by Crippen LogP contribution is 2.33. The molecule has 0 fully saturated rings. The summed E-state index contributed by atoms with van der Waals surface area (Å²) in [4.78, 5) is 0. The number of phenolic OH excluding ortho intramolecular Hbond substituents is 1. The molecule has 0 heterocycles. The van der Waals surface area contributed by atoms with Crippen molar-refractivity contribution in [2.45, 2.75) is 19.9 Å². The molecule has 13 heavy (non-hydrogen) atoms. The van der Waals surface area contributed by atoms with Gasteiger partial charge in [0.1, 0.15) is 0 Å². The van der Waals surface area contributed by atoms with E-state index in [0.717, 1.165) is 0 Å². The zero-order chi connectivity index (χ0) is 9.84. The standard InChI is InChI=1S/C10H15NO2/c1-7(2)11-8-5-4-6-9(13-3)10(8)12/h4-7,11-12H,1-3H3. The van der Waals surface area contributed by atoms with Crippen LogP contribution in [0.25, 0.3) is 0 Å². The predicted molar refractivity (Wildman–Crippen MR) is 53.4 cm³/mol. The maximum Gasteiger partial charge on any atom is 0.181 e. The van der Waals surface area contributed by atoms with E-state index in [0.29, 0.717) is 11.4 Å². The van der Waals surface area contributed by atoms with Crippen molar-refractivity contribution < 1.29 is 9.84 Å². The van der Waals surface area contributed by atoms with Crippen LogP contribution in [0.15, 0.2) is 18.2 Å². The highest BCUT2D eigenvalue weighted by Gasteiger charge is 2.06. The highest BCUT2D eigenvalue weighted by atomic mass is 16.5. The first kappa shape index (κ1) is 9.71. The van der Waals surface area contributed by atoms with E-state index in [1.165, 1.54) is 7.11 Å². The minimum atomic E-state index is 0.165. The predicted octanol–water partition coefficient (Wildman–Crippen LogP) is 2.22. The molecule has 0 spiro atoms. The summed E-state index contributed by atoms with van der Waals surface area (Å²) in [6.07, 6.45) is 0. The molecule has 0 radical (unpaired) electrons. The number of para-hydroxylation sites is 1. The van der Waals surface area contributed by atoms with E-state index in [1.54, 1.807) is 6.07 Å². The van der Waals surface area contributed by atoms with E-state index < -0.39 is 0 Å². The van der Waals surface area contributed by atoms with Crippen molar-refractivity contribution in [3.8, 4) is 11.5 Å². The van der Waals surface area contributed by atoms with Gasteiger partial charge in [-0.3, -0.25) is 0 Å². The van der Waals surface area contributed by atoms with Crippen LogP contribution in [0.4, 0.5) is 5.69 Å². The number of phenols is 1. The van der Waals surface area contributed by atoms with Crippen molar-refractivity contribution in [1.29, 1.82) is 0 Å². The second-order valence-electron chi connectivity index (χ2n) is 3.16. The fraction of sp³-hybridized carbons (Fsp3) is 0.400. The lowest BCUT2D eigenvalue weighted by atomic mass is 10.2. The summed E-state index contributed by atoms with van der Waals surface area (Å²) < 4.78 is 4.98. The van der Waals surface area contributed by atoms with Crippen molar-refractivity contribution >= 4 is 5.69 Å². The summed E-state index contributed by atoms with van der Waals surface area (Å²) in [5.41, 5.74) is 0.703. The Morgan fingerprint density at radius 3 is 2.62 bits per heavy atom. The lowest BCUT2D eigenvalue weighted by molar-refractivity contribution is 0.374. The molecule has 72 valence electrons. The number of hydrogen-bond donors (Lipinski definition) is 2. The molecule has 0 aliphatic heterocycles. The van der Waals surface area contributed by atoms with Crippen LogP contribution in [0.5, 0.6) is 11.5 Å². The first-order valence-electron chi connectivity index (χ1n) is 4.27. The molecule has 0 bridgehead atoms. The van der Waals surface area contributed by atoms with Gasteiger partial charge in [0.25, 0.3) is 0 Å². The monoisotopic (exact) mass is 181 g/mol. The SMILES string of the molecule is COc1cccc(NC(C)C)c1O. The smallest absolute Gasteiger partial charge is 0.181 e. The zero-order valence-electron chi connectivity index (χ0n) is 8.16. The van der Waals surface area contributed by atoms with Crippen LogP contribution < -0.4 is 10.1 Å². The first-order valence-corrected chi connectivity index (χ1v) is 4.27. The molecular weight excluding hydrogens is 166 g/mol. The number of ether oxygens (including phenoxy) is 1. The molecule has 1 aromatic rings. The van der Waals surface area contributed by atoms with Crippen LogP contribution in [-0.4, -0.2) is 18.3 Å². The van der Waals surface area contributed by atoms with E-state index in [-0.39, 0.29) is 11.8 Å². The van der Waals surface area contributed by atoms with Gasteiger partial charge < -0.3 is 15.2 Å². The molecule has 0 amide bonds. The highest BCUT2D eigenvalue weighted by molar-refractivity contribution is 5.62. The summed E-state index contributed by atoms with van der Waals surface area (Å²) in [5.74, 6) is 0.657. The molecule has 0 unspecified atom stereocenters.